The summed E-state index contributed by atoms with van der Waals surface area (Å²) in [5.41, 5.74) is 1.96. The molecule has 0 aliphatic carbocycles. The fraction of sp³-hybridized carbons (Fsp3) is 0.174. The van der Waals surface area contributed by atoms with Crippen molar-refractivity contribution in [3.05, 3.63) is 89.4 Å². The summed E-state index contributed by atoms with van der Waals surface area (Å²) in [6, 6.07) is 24.7. The molecule has 0 spiro atoms. The van der Waals surface area contributed by atoms with E-state index in [-0.39, 0.29) is 12.5 Å². The van der Waals surface area contributed by atoms with Crippen LogP contribution in [0, 0.1) is 0 Å². The average Bonchev–Trinajstić information content (AvgIpc) is 2.72. The predicted octanol–water partition coefficient (Wildman–Crippen LogP) is 5.37. The summed E-state index contributed by atoms with van der Waals surface area (Å²) in [5, 5.41) is 3.27. The molecule has 28 heavy (non-hydrogen) atoms. The fourth-order valence-electron chi connectivity index (χ4n) is 2.68. The maximum atomic E-state index is 12.1. The molecule has 4 nitrogen and oxygen atoms in total. The highest BCUT2D eigenvalue weighted by Crippen LogP contribution is 2.23. The van der Waals surface area contributed by atoms with E-state index in [1.807, 2.05) is 36.4 Å². The zero-order valence-electron chi connectivity index (χ0n) is 15.4. The molecule has 1 N–H and O–H groups in total. The average molecular weight is 396 g/mol. The third kappa shape index (κ3) is 6.32. The van der Waals surface area contributed by atoms with E-state index in [0.717, 1.165) is 18.6 Å². The first kappa shape index (κ1) is 19.8. The predicted molar refractivity (Wildman–Crippen MR) is 112 cm³/mol. The first-order chi connectivity index (χ1) is 13.7. The van der Waals surface area contributed by atoms with Crippen LogP contribution in [0.4, 0.5) is 5.69 Å². The Labute approximate surface area is 170 Å². The van der Waals surface area contributed by atoms with Gasteiger partial charge in [0.25, 0.3) is 5.91 Å². The maximum absolute atomic E-state index is 12.1. The molecular weight excluding hydrogens is 374 g/mol. The van der Waals surface area contributed by atoms with Crippen molar-refractivity contribution in [2.45, 2.75) is 12.8 Å². The molecule has 3 rings (SSSR count). The van der Waals surface area contributed by atoms with Gasteiger partial charge in [0.05, 0.1) is 11.6 Å². The number of benzene rings is 3. The van der Waals surface area contributed by atoms with Gasteiger partial charge < -0.3 is 14.8 Å². The minimum Gasteiger partial charge on any atom is -0.494 e. The van der Waals surface area contributed by atoms with E-state index in [9.17, 15) is 4.79 Å². The molecule has 3 aromatic carbocycles. The molecule has 5 heteroatoms. The Morgan fingerprint density at radius 3 is 2.50 bits per heavy atom. The lowest BCUT2D eigenvalue weighted by Crippen LogP contribution is -2.20. The van der Waals surface area contributed by atoms with Crippen LogP contribution in [0.2, 0.25) is 5.02 Å². The van der Waals surface area contributed by atoms with Crippen LogP contribution in [0.25, 0.3) is 0 Å². The number of para-hydroxylation sites is 1. The standard InChI is InChI=1S/C23H22ClNO3/c24-21-13-4-5-14-22(21)28-17-23(26)25-19-11-6-12-20(16-19)27-15-7-10-18-8-2-1-3-9-18/h1-6,8-9,11-14,16H,7,10,15,17H2,(H,25,26). The Bertz CT molecular complexity index is 899. The van der Waals surface area contributed by atoms with Crippen molar-refractivity contribution in [1.82, 2.24) is 0 Å². The summed E-state index contributed by atoms with van der Waals surface area (Å²) in [7, 11) is 0. The number of ether oxygens (including phenoxy) is 2. The lowest BCUT2D eigenvalue weighted by molar-refractivity contribution is -0.118. The van der Waals surface area contributed by atoms with Crippen molar-refractivity contribution < 1.29 is 14.3 Å². The minimum absolute atomic E-state index is 0.119. The van der Waals surface area contributed by atoms with Gasteiger partial charge in [-0.25, -0.2) is 0 Å². The summed E-state index contributed by atoms with van der Waals surface area (Å²) < 4.78 is 11.2. The number of amides is 1. The van der Waals surface area contributed by atoms with Gasteiger partial charge in [0, 0.05) is 11.8 Å². The number of hydrogen-bond donors (Lipinski definition) is 1. The number of rotatable bonds is 9. The first-order valence-corrected chi connectivity index (χ1v) is 9.52. The van der Waals surface area contributed by atoms with Crippen LogP contribution < -0.4 is 14.8 Å². The Morgan fingerprint density at radius 1 is 0.893 bits per heavy atom. The molecule has 3 aromatic rings. The number of nitrogens with one attached hydrogen (secondary N) is 1. The molecule has 0 heterocycles. The van der Waals surface area contributed by atoms with Crippen LogP contribution in [-0.4, -0.2) is 19.1 Å². The zero-order chi connectivity index (χ0) is 19.6. The van der Waals surface area contributed by atoms with E-state index < -0.39 is 0 Å². The molecule has 0 saturated heterocycles. The number of hydrogen-bond acceptors (Lipinski definition) is 3. The molecule has 1 amide bonds. The largest absolute Gasteiger partial charge is 0.494 e. The summed E-state index contributed by atoms with van der Waals surface area (Å²) in [6.45, 7) is 0.494. The van der Waals surface area contributed by atoms with E-state index in [1.165, 1.54) is 5.56 Å². The smallest absolute Gasteiger partial charge is 0.262 e. The van der Waals surface area contributed by atoms with Crippen LogP contribution in [-0.2, 0) is 11.2 Å². The number of aryl methyl sites for hydroxylation is 1. The fourth-order valence-corrected chi connectivity index (χ4v) is 2.87. The number of carbonyl (C=O) groups excluding carboxylic acids is 1. The molecule has 0 radical (unpaired) electrons. The van der Waals surface area contributed by atoms with Gasteiger partial charge in [0.15, 0.2) is 6.61 Å². The summed E-state index contributed by atoms with van der Waals surface area (Å²) >= 11 is 6.01. The Hall–Kier alpha value is -2.98. The molecular formula is C23H22ClNO3. The van der Waals surface area contributed by atoms with Gasteiger partial charge in [-0.1, -0.05) is 60.1 Å². The number of carbonyl (C=O) groups is 1. The molecule has 0 aromatic heterocycles. The van der Waals surface area contributed by atoms with E-state index in [4.69, 9.17) is 21.1 Å². The second kappa shape index (κ2) is 10.4. The van der Waals surface area contributed by atoms with Gasteiger partial charge in [0.2, 0.25) is 0 Å². The van der Waals surface area contributed by atoms with Crippen molar-refractivity contribution in [1.29, 1.82) is 0 Å². The van der Waals surface area contributed by atoms with Crippen LogP contribution in [0.3, 0.4) is 0 Å². The Morgan fingerprint density at radius 2 is 1.68 bits per heavy atom. The van der Waals surface area contributed by atoms with E-state index in [1.54, 1.807) is 30.3 Å². The third-order valence-corrected chi connectivity index (χ3v) is 4.35. The van der Waals surface area contributed by atoms with Crippen LogP contribution in [0.5, 0.6) is 11.5 Å². The highest BCUT2D eigenvalue weighted by Gasteiger charge is 2.07. The van der Waals surface area contributed by atoms with Crippen molar-refractivity contribution in [3.63, 3.8) is 0 Å². The van der Waals surface area contributed by atoms with Gasteiger partial charge in [0.1, 0.15) is 11.5 Å². The van der Waals surface area contributed by atoms with Gasteiger partial charge >= 0.3 is 0 Å². The SMILES string of the molecule is O=C(COc1ccccc1Cl)Nc1cccc(OCCCc2ccccc2)c1. The normalized spacial score (nSPS) is 10.3. The molecule has 0 saturated carbocycles. The van der Waals surface area contributed by atoms with Gasteiger partial charge in [-0.15, -0.1) is 0 Å². The molecule has 0 unspecified atom stereocenters. The Balaban J connectivity index is 1.43. The second-order valence-electron chi connectivity index (χ2n) is 6.23. The number of halogens is 1. The molecule has 0 aliphatic rings. The molecule has 0 bridgehead atoms. The first-order valence-electron chi connectivity index (χ1n) is 9.15. The summed E-state index contributed by atoms with van der Waals surface area (Å²) in [4.78, 5) is 12.1. The monoisotopic (exact) mass is 395 g/mol. The summed E-state index contributed by atoms with van der Waals surface area (Å²) in [5.74, 6) is 0.939. The zero-order valence-corrected chi connectivity index (χ0v) is 16.2. The van der Waals surface area contributed by atoms with Crippen LogP contribution in [0.15, 0.2) is 78.9 Å². The minimum atomic E-state index is -0.263. The third-order valence-electron chi connectivity index (χ3n) is 4.03. The highest BCUT2D eigenvalue weighted by molar-refractivity contribution is 6.32. The van der Waals surface area contributed by atoms with Crippen molar-refractivity contribution >= 4 is 23.2 Å². The lowest BCUT2D eigenvalue weighted by Gasteiger charge is -2.10. The Kier molecular flexibility index (Phi) is 7.33. The topological polar surface area (TPSA) is 47.6 Å². The van der Waals surface area contributed by atoms with E-state index in [0.29, 0.717) is 23.1 Å². The maximum Gasteiger partial charge on any atom is 0.262 e. The second-order valence-corrected chi connectivity index (χ2v) is 6.64. The van der Waals surface area contributed by atoms with Gasteiger partial charge in [-0.05, 0) is 42.7 Å². The van der Waals surface area contributed by atoms with E-state index >= 15 is 0 Å². The van der Waals surface area contributed by atoms with Crippen LogP contribution >= 0.6 is 11.6 Å². The lowest BCUT2D eigenvalue weighted by atomic mass is 10.1. The quantitative estimate of drug-likeness (QED) is 0.495. The highest BCUT2D eigenvalue weighted by atomic mass is 35.5. The van der Waals surface area contributed by atoms with Gasteiger partial charge in [-0.2, -0.15) is 0 Å². The van der Waals surface area contributed by atoms with Crippen LogP contribution in [0.1, 0.15) is 12.0 Å². The number of anilines is 1. The van der Waals surface area contributed by atoms with Gasteiger partial charge in [-0.3, -0.25) is 4.79 Å². The molecule has 0 aliphatic heterocycles. The molecule has 144 valence electrons. The van der Waals surface area contributed by atoms with Crippen molar-refractivity contribution in [3.8, 4) is 11.5 Å². The molecule has 0 fully saturated rings. The van der Waals surface area contributed by atoms with Crippen molar-refractivity contribution in [2.75, 3.05) is 18.5 Å². The van der Waals surface area contributed by atoms with Crippen molar-refractivity contribution in [2.24, 2.45) is 0 Å². The van der Waals surface area contributed by atoms with E-state index in [2.05, 4.69) is 17.4 Å². The molecule has 0 atom stereocenters. The summed E-state index contributed by atoms with van der Waals surface area (Å²) in [6.07, 6.45) is 1.89.